The van der Waals surface area contributed by atoms with Crippen molar-refractivity contribution in [2.45, 2.75) is 25.7 Å². The summed E-state index contributed by atoms with van der Waals surface area (Å²) in [6.07, 6.45) is 2.48. The van der Waals surface area contributed by atoms with Gasteiger partial charge in [0.15, 0.2) is 11.5 Å². The topological polar surface area (TPSA) is 47.7 Å². The van der Waals surface area contributed by atoms with Gasteiger partial charge in [-0.1, -0.05) is 13.0 Å². The van der Waals surface area contributed by atoms with Gasteiger partial charge in [-0.3, -0.25) is 0 Å². The van der Waals surface area contributed by atoms with E-state index in [9.17, 15) is 0 Å². The Morgan fingerprint density at radius 3 is 2.70 bits per heavy atom. The van der Waals surface area contributed by atoms with Gasteiger partial charge in [0, 0.05) is 0 Å². The van der Waals surface area contributed by atoms with Gasteiger partial charge in [-0.2, -0.15) is 0 Å². The summed E-state index contributed by atoms with van der Waals surface area (Å²) in [5, 5.41) is 0. The van der Waals surface area contributed by atoms with Crippen LogP contribution in [0, 0.1) is 5.92 Å². The Labute approximate surface area is 120 Å². The molecule has 0 aromatic heterocycles. The third-order valence-electron chi connectivity index (χ3n) is 4.73. The van der Waals surface area contributed by atoms with Crippen LogP contribution in [0.25, 0.3) is 0 Å². The molecule has 1 saturated heterocycles. The number of nitrogens with zero attached hydrogens (tertiary/aromatic N) is 1. The zero-order valence-electron chi connectivity index (χ0n) is 12.2. The second kappa shape index (κ2) is 6.02. The number of fused-ring (bicyclic) bond motifs is 1. The molecular formula is C16H24N2O2. The first-order chi connectivity index (χ1) is 9.81. The summed E-state index contributed by atoms with van der Waals surface area (Å²) in [5.74, 6) is 2.84. The van der Waals surface area contributed by atoms with Crippen molar-refractivity contribution in [3.63, 3.8) is 0 Å². The molecule has 0 amide bonds. The van der Waals surface area contributed by atoms with Crippen molar-refractivity contribution in [1.29, 1.82) is 0 Å². The lowest BCUT2D eigenvalue weighted by Gasteiger charge is -2.35. The predicted molar refractivity (Wildman–Crippen MR) is 79.2 cm³/mol. The lowest BCUT2D eigenvalue weighted by Crippen LogP contribution is -2.36. The summed E-state index contributed by atoms with van der Waals surface area (Å²) in [7, 11) is 0. The van der Waals surface area contributed by atoms with E-state index in [2.05, 4.69) is 24.0 Å². The molecule has 4 nitrogen and oxygen atoms in total. The predicted octanol–water partition coefficient (Wildman–Crippen LogP) is 2.19. The van der Waals surface area contributed by atoms with E-state index in [1.807, 2.05) is 6.07 Å². The molecule has 2 aliphatic heterocycles. The maximum Gasteiger partial charge on any atom is 0.231 e. The highest BCUT2D eigenvalue weighted by atomic mass is 16.7. The molecule has 110 valence electrons. The van der Waals surface area contributed by atoms with Crippen LogP contribution >= 0.6 is 0 Å². The van der Waals surface area contributed by atoms with Gasteiger partial charge < -0.3 is 20.1 Å². The van der Waals surface area contributed by atoms with Crippen LogP contribution in [-0.2, 0) is 0 Å². The zero-order chi connectivity index (χ0) is 13.9. The fourth-order valence-electron chi connectivity index (χ4n) is 3.42. The van der Waals surface area contributed by atoms with Crippen molar-refractivity contribution in [2.75, 3.05) is 33.0 Å². The molecule has 1 fully saturated rings. The maximum atomic E-state index is 6.06. The van der Waals surface area contributed by atoms with Gasteiger partial charge in [0.25, 0.3) is 0 Å². The number of benzene rings is 1. The second-order valence-corrected chi connectivity index (χ2v) is 5.73. The molecule has 4 heteroatoms. The fourth-order valence-corrected chi connectivity index (χ4v) is 3.42. The molecule has 2 heterocycles. The Morgan fingerprint density at radius 1 is 1.25 bits per heavy atom. The number of nitrogens with two attached hydrogens (primary N) is 1. The van der Waals surface area contributed by atoms with Gasteiger partial charge >= 0.3 is 0 Å². The lowest BCUT2D eigenvalue weighted by atomic mass is 9.80. The lowest BCUT2D eigenvalue weighted by molar-refractivity contribution is 0.173. The smallest absolute Gasteiger partial charge is 0.231 e. The summed E-state index contributed by atoms with van der Waals surface area (Å²) >= 11 is 0. The normalized spacial score (nSPS) is 21.1. The molecule has 0 bridgehead atoms. The Kier molecular flexibility index (Phi) is 4.13. The summed E-state index contributed by atoms with van der Waals surface area (Å²) in [6, 6.07) is 6.28. The molecule has 1 aromatic rings. The van der Waals surface area contributed by atoms with E-state index in [-0.39, 0.29) is 0 Å². The average molecular weight is 276 g/mol. The monoisotopic (exact) mass is 276 g/mol. The van der Waals surface area contributed by atoms with Gasteiger partial charge in [-0.25, -0.2) is 0 Å². The van der Waals surface area contributed by atoms with Crippen molar-refractivity contribution in [1.82, 2.24) is 4.90 Å². The van der Waals surface area contributed by atoms with Gasteiger partial charge in [-0.05, 0) is 68.6 Å². The van der Waals surface area contributed by atoms with Crippen LogP contribution in [0.3, 0.4) is 0 Å². The third-order valence-corrected chi connectivity index (χ3v) is 4.73. The van der Waals surface area contributed by atoms with E-state index in [1.165, 1.54) is 31.5 Å². The summed E-state index contributed by atoms with van der Waals surface area (Å²) in [5.41, 5.74) is 7.36. The largest absolute Gasteiger partial charge is 0.454 e. The number of likely N-dealkylation sites (tertiary alicyclic amines) is 1. The Balaban J connectivity index is 1.73. The standard InChI is InChI=1S/C16H24N2O2/c1-2-18-7-5-12(6-8-18)14(10-17)13-3-4-15-16(9-13)20-11-19-15/h3-4,9,12,14H,2,5-8,10-11,17H2,1H3. The van der Waals surface area contributed by atoms with Gasteiger partial charge in [0.05, 0.1) is 0 Å². The summed E-state index contributed by atoms with van der Waals surface area (Å²) < 4.78 is 10.9. The molecule has 1 aromatic carbocycles. The third kappa shape index (κ3) is 2.63. The SMILES string of the molecule is CCN1CCC(C(CN)c2ccc3c(c2)OCO3)CC1. The van der Waals surface area contributed by atoms with Crippen molar-refractivity contribution in [3.8, 4) is 11.5 Å². The minimum Gasteiger partial charge on any atom is -0.454 e. The number of hydrogen-bond donors (Lipinski definition) is 1. The quantitative estimate of drug-likeness (QED) is 0.916. The molecule has 0 radical (unpaired) electrons. The summed E-state index contributed by atoms with van der Waals surface area (Å²) in [6.45, 7) is 6.82. The van der Waals surface area contributed by atoms with Crippen LogP contribution in [0.2, 0.25) is 0 Å². The van der Waals surface area contributed by atoms with Crippen molar-refractivity contribution in [3.05, 3.63) is 23.8 Å². The molecule has 0 saturated carbocycles. The van der Waals surface area contributed by atoms with Crippen molar-refractivity contribution >= 4 is 0 Å². The highest BCUT2D eigenvalue weighted by Crippen LogP contribution is 2.38. The molecule has 1 unspecified atom stereocenters. The molecule has 0 spiro atoms. The molecule has 3 rings (SSSR count). The van der Waals surface area contributed by atoms with E-state index >= 15 is 0 Å². The molecule has 1 atom stereocenters. The van der Waals surface area contributed by atoms with Gasteiger partial charge in [0.1, 0.15) is 0 Å². The average Bonchev–Trinajstić information content (AvgIpc) is 2.96. The highest BCUT2D eigenvalue weighted by molar-refractivity contribution is 5.45. The van der Waals surface area contributed by atoms with Crippen molar-refractivity contribution in [2.24, 2.45) is 11.7 Å². The Hall–Kier alpha value is -1.26. The summed E-state index contributed by atoms with van der Waals surface area (Å²) in [4.78, 5) is 2.52. The number of rotatable bonds is 4. The number of hydrogen-bond acceptors (Lipinski definition) is 4. The highest BCUT2D eigenvalue weighted by Gasteiger charge is 2.27. The Morgan fingerprint density at radius 2 is 2.00 bits per heavy atom. The zero-order valence-corrected chi connectivity index (χ0v) is 12.2. The minimum absolute atomic E-state index is 0.334. The Bertz CT molecular complexity index is 456. The molecule has 0 aliphatic carbocycles. The van der Waals surface area contributed by atoms with Crippen LogP contribution in [0.1, 0.15) is 31.2 Å². The van der Waals surface area contributed by atoms with Crippen LogP contribution < -0.4 is 15.2 Å². The second-order valence-electron chi connectivity index (χ2n) is 5.73. The molecule has 2 N–H and O–H groups in total. The van der Waals surface area contributed by atoms with E-state index in [0.29, 0.717) is 25.2 Å². The van der Waals surface area contributed by atoms with Crippen LogP contribution in [-0.4, -0.2) is 37.9 Å². The number of piperidine rings is 1. The van der Waals surface area contributed by atoms with E-state index in [0.717, 1.165) is 18.0 Å². The first-order valence-electron chi connectivity index (χ1n) is 7.63. The van der Waals surface area contributed by atoms with E-state index in [1.54, 1.807) is 0 Å². The number of ether oxygens (including phenoxy) is 2. The molecule has 20 heavy (non-hydrogen) atoms. The van der Waals surface area contributed by atoms with Gasteiger partial charge in [-0.15, -0.1) is 0 Å². The first-order valence-corrected chi connectivity index (χ1v) is 7.63. The molecular weight excluding hydrogens is 252 g/mol. The first kappa shape index (κ1) is 13.7. The molecule has 2 aliphatic rings. The fraction of sp³-hybridized carbons (Fsp3) is 0.625. The van der Waals surface area contributed by atoms with Crippen LogP contribution in [0.4, 0.5) is 0 Å². The van der Waals surface area contributed by atoms with Crippen LogP contribution in [0.5, 0.6) is 11.5 Å². The van der Waals surface area contributed by atoms with Crippen LogP contribution in [0.15, 0.2) is 18.2 Å². The maximum absolute atomic E-state index is 6.06. The van der Waals surface area contributed by atoms with Gasteiger partial charge in [0.2, 0.25) is 6.79 Å². The van der Waals surface area contributed by atoms with E-state index in [4.69, 9.17) is 15.2 Å². The van der Waals surface area contributed by atoms with Crippen molar-refractivity contribution < 1.29 is 9.47 Å². The minimum atomic E-state index is 0.334. The van der Waals surface area contributed by atoms with E-state index < -0.39 is 0 Å².